The lowest BCUT2D eigenvalue weighted by Crippen LogP contribution is -2.47. The van der Waals surface area contributed by atoms with E-state index in [0.29, 0.717) is 5.56 Å². The summed E-state index contributed by atoms with van der Waals surface area (Å²) in [4.78, 5) is 35.5. The van der Waals surface area contributed by atoms with Crippen LogP contribution in [0.3, 0.4) is 0 Å². The number of alkyl halides is 3. The predicted octanol–water partition coefficient (Wildman–Crippen LogP) is 2.92. The number of thioether (sulfide) groups is 1. The van der Waals surface area contributed by atoms with Gasteiger partial charge in [0.15, 0.2) is 0 Å². The Morgan fingerprint density at radius 2 is 1.59 bits per heavy atom. The number of rotatable bonds is 8. The summed E-state index contributed by atoms with van der Waals surface area (Å²) >= 11 is -0.248. The van der Waals surface area contributed by atoms with Crippen LogP contribution in [0.15, 0.2) is 35.2 Å². The number of esters is 2. The van der Waals surface area contributed by atoms with Gasteiger partial charge in [0.1, 0.15) is 0 Å². The Balaban J connectivity index is 2.74. The highest BCUT2D eigenvalue weighted by Crippen LogP contribution is 2.36. The zero-order valence-electron chi connectivity index (χ0n) is 14.5. The van der Waals surface area contributed by atoms with Gasteiger partial charge < -0.3 is 14.8 Å². The molecule has 0 fully saturated rings. The lowest BCUT2D eigenvalue weighted by Gasteiger charge is -2.14. The van der Waals surface area contributed by atoms with E-state index in [9.17, 15) is 27.6 Å². The van der Waals surface area contributed by atoms with Crippen LogP contribution in [0.1, 0.15) is 19.4 Å². The summed E-state index contributed by atoms with van der Waals surface area (Å²) < 4.78 is 46.3. The van der Waals surface area contributed by atoms with Gasteiger partial charge in [-0.1, -0.05) is 12.1 Å². The van der Waals surface area contributed by atoms with Crippen LogP contribution in [0.5, 0.6) is 0 Å². The third kappa shape index (κ3) is 8.63. The van der Waals surface area contributed by atoms with Crippen molar-refractivity contribution >= 4 is 35.7 Å². The molecule has 1 rings (SSSR count). The maximum Gasteiger partial charge on any atom is 0.446 e. The second-order valence-corrected chi connectivity index (χ2v) is 6.03. The topological polar surface area (TPSA) is 81.7 Å². The normalized spacial score (nSPS) is 11.5. The highest BCUT2D eigenvalue weighted by Gasteiger charge is 2.31. The standard InChI is InChI=1S/C17H18F3NO5S/c1-3-25-15(23)14(16(24)26-4-2)21-13(22)10-7-11-5-8-12(9-6-11)27-17(18,19)20/h5-10,14H,3-4H2,1-2H3,(H,21,22)/b10-7+. The van der Waals surface area contributed by atoms with Gasteiger partial charge in [-0.05, 0) is 49.4 Å². The van der Waals surface area contributed by atoms with Crippen molar-refractivity contribution in [2.75, 3.05) is 13.2 Å². The second kappa shape index (κ2) is 10.6. The minimum Gasteiger partial charge on any atom is -0.464 e. The molecule has 148 valence electrons. The molecule has 10 heteroatoms. The van der Waals surface area contributed by atoms with E-state index in [1.165, 1.54) is 30.3 Å². The van der Waals surface area contributed by atoms with Crippen LogP contribution in [-0.2, 0) is 23.9 Å². The molecule has 0 unspecified atom stereocenters. The second-order valence-electron chi connectivity index (χ2n) is 4.90. The van der Waals surface area contributed by atoms with E-state index in [1.54, 1.807) is 13.8 Å². The van der Waals surface area contributed by atoms with Crippen molar-refractivity contribution in [2.24, 2.45) is 0 Å². The molecule has 0 radical (unpaired) electrons. The Hall–Kier alpha value is -2.49. The Bertz CT molecular complexity index is 671. The summed E-state index contributed by atoms with van der Waals surface area (Å²) in [5, 5.41) is 2.17. The average Bonchev–Trinajstić information content (AvgIpc) is 2.58. The Kier molecular flexibility index (Phi) is 8.86. The Labute approximate surface area is 158 Å². The summed E-state index contributed by atoms with van der Waals surface area (Å²) in [6, 6.07) is 3.71. The van der Waals surface area contributed by atoms with Crippen molar-refractivity contribution in [3.8, 4) is 0 Å². The third-order valence-electron chi connectivity index (χ3n) is 2.87. The Morgan fingerprint density at radius 1 is 1.07 bits per heavy atom. The largest absolute Gasteiger partial charge is 0.464 e. The fourth-order valence-corrected chi connectivity index (χ4v) is 2.35. The first-order valence-corrected chi connectivity index (χ1v) is 8.65. The smallest absolute Gasteiger partial charge is 0.446 e. The van der Waals surface area contributed by atoms with E-state index in [2.05, 4.69) is 5.32 Å². The fraction of sp³-hybridized carbons (Fsp3) is 0.353. The first kappa shape index (κ1) is 22.6. The summed E-state index contributed by atoms with van der Waals surface area (Å²) in [5.74, 6) is -2.67. The van der Waals surface area contributed by atoms with Gasteiger partial charge in [0, 0.05) is 11.0 Å². The van der Waals surface area contributed by atoms with Gasteiger partial charge in [0.2, 0.25) is 11.9 Å². The van der Waals surface area contributed by atoms with E-state index < -0.39 is 29.4 Å². The van der Waals surface area contributed by atoms with Crippen LogP contribution < -0.4 is 5.32 Å². The van der Waals surface area contributed by atoms with E-state index >= 15 is 0 Å². The van der Waals surface area contributed by atoms with Gasteiger partial charge in [0.25, 0.3) is 0 Å². The molecule has 0 aliphatic heterocycles. The highest BCUT2D eigenvalue weighted by molar-refractivity contribution is 8.00. The van der Waals surface area contributed by atoms with Gasteiger partial charge in [-0.25, -0.2) is 9.59 Å². The van der Waals surface area contributed by atoms with Crippen LogP contribution in [0, 0.1) is 0 Å². The molecule has 1 N–H and O–H groups in total. The Morgan fingerprint density at radius 3 is 2.04 bits per heavy atom. The zero-order valence-corrected chi connectivity index (χ0v) is 15.4. The van der Waals surface area contributed by atoms with Crippen molar-refractivity contribution in [3.05, 3.63) is 35.9 Å². The van der Waals surface area contributed by atoms with Gasteiger partial charge in [-0.3, -0.25) is 4.79 Å². The van der Waals surface area contributed by atoms with E-state index in [-0.39, 0.29) is 29.9 Å². The van der Waals surface area contributed by atoms with Gasteiger partial charge in [0.05, 0.1) is 13.2 Å². The number of carbonyl (C=O) groups is 3. The van der Waals surface area contributed by atoms with E-state index in [0.717, 1.165) is 6.08 Å². The molecular weight excluding hydrogens is 387 g/mol. The van der Waals surface area contributed by atoms with Crippen LogP contribution in [-0.4, -0.2) is 42.6 Å². The molecule has 0 aliphatic carbocycles. The number of amides is 1. The minimum atomic E-state index is -4.38. The summed E-state index contributed by atoms with van der Waals surface area (Å²) in [6.45, 7) is 3.12. The van der Waals surface area contributed by atoms with Gasteiger partial charge in [-0.15, -0.1) is 0 Å². The monoisotopic (exact) mass is 405 g/mol. The molecule has 0 saturated carbocycles. The molecule has 0 bridgehead atoms. The minimum absolute atomic E-state index is 0.00814. The molecule has 6 nitrogen and oxygen atoms in total. The summed E-state index contributed by atoms with van der Waals surface area (Å²) in [6.07, 6.45) is 2.36. The summed E-state index contributed by atoms with van der Waals surface area (Å²) in [5.41, 5.74) is -3.92. The molecule has 0 saturated heterocycles. The van der Waals surface area contributed by atoms with Crippen molar-refractivity contribution in [1.82, 2.24) is 5.32 Å². The molecule has 0 atom stereocenters. The number of halogens is 3. The van der Waals surface area contributed by atoms with Crippen molar-refractivity contribution in [1.29, 1.82) is 0 Å². The molecule has 1 aromatic rings. The zero-order chi connectivity index (χ0) is 20.4. The highest BCUT2D eigenvalue weighted by atomic mass is 32.2. The molecule has 0 aromatic heterocycles. The summed E-state index contributed by atoms with van der Waals surface area (Å²) in [7, 11) is 0. The van der Waals surface area contributed by atoms with E-state index in [4.69, 9.17) is 9.47 Å². The number of nitrogens with one attached hydrogen (secondary N) is 1. The third-order valence-corrected chi connectivity index (χ3v) is 3.61. The molecule has 1 amide bonds. The van der Waals surface area contributed by atoms with Crippen LogP contribution >= 0.6 is 11.8 Å². The molecule has 0 spiro atoms. The fourth-order valence-electron chi connectivity index (χ4n) is 1.81. The van der Waals surface area contributed by atoms with Crippen molar-refractivity contribution in [2.45, 2.75) is 30.3 Å². The average molecular weight is 405 g/mol. The lowest BCUT2D eigenvalue weighted by molar-refractivity contribution is -0.159. The first-order valence-electron chi connectivity index (χ1n) is 7.84. The maximum atomic E-state index is 12.3. The molecule has 0 heterocycles. The van der Waals surface area contributed by atoms with Crippen LogP contribution in [0.2, 0.25) is 0 Å². The quantitative estimate of drug-likeness (QED) is 0.310. The van der Waals surface area contributed by atoms with Crippen LogP contribution in [0.25, 0.3) is 6.08 Å². The lowest BCUT2D eigenvalue weighted by atomic mass is 10.2. The molecule has 0 aliphatic rings. The maximum absolute atomic E-state index is 12.3. The number of carbonyl (C=O) groups excluding carboxylic acids is 3. The van der Waals surface area contributed by atoms with E-state index in [1.807, 2.05) is 0 Å². The molecule has 1 aromatic carbocycles. The van der Waals surface area contributed by atoms with Crippen molar-refractivity contribution < 1.29 is 37.0 Å². The number of ether oxygens (including phenoxy) is 2. The van der Waals surface area contributed by atoms with Crippen LogP contribution in [0.4, 0.5) is 13.2 Å². The number of hydrogen-bond acceptors (Lipinski definition) is 6. The number of benzene rings is 1. The van der Waals surface area contributed by atoms with Gasteiger partial charge in [-0.2, -0.15) is 13.2 Å². The molecule has 27 heavy (non-hydrogen) atoms. The first-order chi connectivity index (χ1) is 12.7. The SMILES string of the molecule is CCOC(=O)C(NC(=O)/C=C/c1ccc(SC(F)(F)F)cc1)C(=O)OCC. The number of hydrogen-bond donors (Lipinski definition) is 1. The predicted molar refractivity (Wildman–Crippen MR) is 92.6 cm³/mol. The molecular formula is C17H18F3NO5S. The van der Waals surface area contributed by atoms with Gasteiger partial charge >= 0.3 is 17.4 Å². The van der Waals surface area contributed by atoms with Crippen molar-refractivity contribution in [3.63, 3.8) is 0 Å².